The first kappa shape index (κ1) is 26.9. The van der Waals surface area contributed by atoms with Gasteiger partial charge in [-0.2, -0.15) is 0 Å². The van der Waals surface area contributed by atoms with Crippen LogP contribution in [0.15, 0.2) is 174 Å². The van der Waals surface area contributed by atoms with Crippen molar-refractivity contribution in [3.63, 3.8) is 0 Å². The lowest BCUT2D eigenvalue weighted by Crippen LogP contribution is -2.35. The quantitative estimate of drug-likeness (QED) is 0.215. The number of benzene rings is 7. The third kappa shape index (κ3) is 3.90. The van der Waals surface area contributed by atoms with Crippen molar-refractivity contribution in [3.8, 4) is 22.6 Å². The normalized spacial score (nSPS) is 16.5. The predicted octanol–water partition coefficient (Wildman–Crippen LogP) is 9.80. The third-order valence-corrected chi connectivity index (χ3v) is 9.98. The van der Waals surface area contributed by atoms with Crippen LogP contribution in [0, 0.1) is 0 Å². The van der Waals surface area contributed by atoms with E-state index < -0.39 is 5.41 Å². The molecule has 1 aliphatic carbocycles. The molecule has 1 unspecified atom stereocenters. The van der Waals surface area contributed by atoms with E-state index in [2.05, 4.69) is 151 Å². The lowest BCUT2D eigenvalue weighted by atomic mass is 9.66. The van der Waals surface area contributed by atoms with Crippen molar-refractivity contribution in [1.29, 1.82) is 0 Å². The Balaban J connectivity index is 1.17. The average Bonchev–Trinajstić information content (AvgIpc) is 3.45. The molecule has 226 valence electrons. The number of rotatable bonds is 3. The van der Waals surface area contributed by atoms with Crippen LogP contribution in [0.5, 0.6) is 11.5 Å². The van der Waals surface area contributed by atoms with Gasteiger partial charge in [-0.05, 0) is 62.9 Å². The fraction of sp³-hybridized carbons (Fsp3) is 0.0455. The van der Waals surface area contributed by atoms with Gasteiger partial charge in [-0.25, -0.2) is 9.98 Å². The number of hydrogen-bond donors (Lipinski definition) is 1. The van der Waals surface area contributed by atoms with Crippen molar-refractivity contribution in [3.05, 3.63) is 203 Å². The number of fused-ring (bicyclic) bond motifs is 10. The van der Waals surface area contributed by atoms with E-state index in [1.54, 1.807) is 0 Å². The highest BCUT2D eigenvalue weighted by Gasteiger charge is 2.51. The second kappa shape index (κ2) is 10.4. The zero-order valence-electron chi connectivity index (χ0n) is 26.0. The van der Waals surface area contributed by atoms with Gasteiger partial charge < -0.3 is 10.1 Å². The van der Waals surface area contributed by atoms with Gasteiger partial charge in [0.25, 0.3) is 0 Å². The summed E-state index contributed by atoms with van der Waals surface area (Å²) in [5.74, 6) is 3.24. The summed E-state index contributed by atoms with van der Waals surface area (Å²) in [6.45, 7) is 0. The minimum Gasteiger partial charge on any atom is -0.457 e. The highest BCUT2D eigenvalue weighted by atomic mass is 16.5. The topological polar surface area (TPSA) is 46.0 Å². The van der Waals surface area contributed by atoms with E-state index in [1.807, 2.05) is 18.2 Å². The number of hydrogen-bond acceptors (Lipinski definition) is 4. The molecule has 1 spiro atoms. The van der Waals surface area contributed by atoms with Crippen LogP contribution in [0.2, 0.25) is 0 Å². The highest BCUT2D eigenvalue weighted by molar-refractivity contribution is 6.13. The molecule has 7 aromatic rings. The second-order valence-corrected chi connectivity index (χ2v) is 12.6. The van der Waals surface area contributed by atoms with Gasteiger partial charge >= 0.3 is 0 Å². The fourth-order valence-electron chi connectivity index (χ4n) is 7.86. The van der Waals surface area contributed by atoms with Crippen LogP contribution in [-0.4, -0.2) is 11.7 Å². The van der Waals surface area contributed by atoms with Gasteiger partial charge in [0, 0.05) is 22.3 Å². The van der Waals surface area contributed by atoms with Crippen molar-refractivity contribution >= 4 is 22.4 Å². The summed E-state index contributed by atoms with van der Waals surface area (Å²) in [5, 5.41) is 6.08. The maximum absolute atomic E-state index is 6.68. The number of para-hydroxylation sites is 1. The van der Waals surface area contributed by atoms with Gasteiger partial charge in [-0.1, -0.05) is 140 Å². The Morgan fingerprint density at radius 3 is 1.94 bits per heavy atom. The number of ether oxygens (including phenoxy) is 1. The molecule has 10 rings (SSSR count). The van der Waals surface area contributed by atoms with Crippen LogP contribution in [-0.2, 0) is 5.41 Å². The van der Waals surface area contributed by atoms with Crippen molar-refractivity contribution in [1.82, 2.24) is 5.32 Å². The number of nitrogens with zero attached hydrogens (tertiary/aromatic N) is 2. The van der Waals surface area contributed by atoms with Gasteiger partial charge in [0.15, 0.2) is 5.84 Å². The van der Waals surface area contributed by atoms with Crippen molar-refractivity contribution < 1.29 is 4.74 Å². The predicted molar refractivity (Wildman–Crippen MR) is 193 cm³/mol. The summed E-state index contributed by atoms with van der Waals surface area (Å²) in [4.78, 5) is 10.3. The lowest BCUT2D eigenvalue weighted by molar-refractivity contribution is 0.435. The highest BCUT2D eigenvalue weighted by Crippen LogP contribution is 2.62. The molecule has 1 atom stereocenters. The molecule has 0 radical (unpaired) electrons. The molecule has 48 heavy (non-hydrogen) atoms. The molecular formula is C44H29N3O. The summed E-state index contributed by atoms with van der Waals surface area (Å²) >= 11 is 0. The minimum atomic E-state index is -0.538. The standard InChI is InChI=1S/C44H29N3O/c1-2-13-29(14-3-1)41-45-42(31-23-22-28-12-4-5-15-30(28)26-31)47-43(46-41)32-24-25-40-38(27-32)44(37-20-10-11-21-39(37)48-40)35-18-8-6-16-33(35)34-17-7-9-19-36(34)44/h1-27,43H,(H,45,46,47). The van der Waals surface area contributed by atoms with Gasteiger partial charge in [0.2, 0.25) is 0 Å². The Hall–Kier alpha value is -6.26. The first-order valence-electron chi connectivity index (χ1n) is 16.4. The van der Waals surface area contributed by atoms with Crippen LogP contribution in [0.1, 0.15) is 45.1 Å². The lowest BCUT2D eigenvalue weighted by Gasteiger charge is -2.40. The van der Waals surface area contributed by atoms with E-state index in [-0.39, 0.29) is 6.17 Å². The van der Waals surface area contributed by atoms with E-state index >= 15 is 0 Å². The Bertz CT molecular complexity index is 2430. The fourth-order valence-corrected chi connectivity index (χ4v) is 7.86. The molecule has 3 aliphatic rings. The number of aliphatic imine (C=N–C) groups is 2. The average molecular weight is 616 g/mol. The Labute approximate surface area is 278 Å². The largest absolute Gasteiger partial charge is 0.457 e. The monoisotopic (exact) mass is 615 g/mol. The Kier molecular flexibility index (Phi) is 5.82. The van der Waals surface area contributed by atoms with E-state index in [1.165, 1.54) is 33.0 Å². The van der Waals surface area contributed by atoms with Crippen LogP contribution in [0.25, 0.3) is 21.9 Å². The maximum Gasteiger partial charge on any atom is 0.159 e. The van der Waals surface area contributed by atoms with E-state index in [0.717, 1.165) is 45.2 Å². The van der Waals surface area contributed by atoms with Gasteiger partial charge in [-0.3, -0.25) is 0 Å². The zero-order valence-corrected chi connectivity index (χ0v) is 26.0. The summed E-state index contributed by atoms with van der Waals surface area (Å²) in [6, 6.07) is 57.8. The smallest absolute Gasteiger partial charge is 0.159 e. The summed E-state index contributed by atoms with van der Waals surface area (Å²) in [5.41, 5.74) is 9.81. The van der Waals surface area contributed by atoms with E-state index in [4.69, 9.17) is 14.7 Å². The molecule has 4 nitrogen and oxygen atoms in total. The second-order valence-electron chi connectivity index (χ2n) is 12.6. The van der Waals surface area contributed by atoms with Crippen LogP contribution in [0.3, 0.4) is 0 Å². The molecule has 7 aromatic carbocycles. The van der Waals surface area contributed by atoms with Crippen LogP contribution >= 0.6 is 0 Å². The van der Waals surface area contributed by atoms with Gasteiger partial charge in [-0.15, -0.1) is 0 Å². The van der Waals surface area contributed by atoms with Gasteiger partial charge in [0.05, 0.1) is 5.41 Å². The molecule has 0 saturated heterocycles. The third-order valence-electron chi connectivity index (χ3n) is 9.98. The van der Waals surface area contributed by atoms with E-state index in [9.17, 15) is 0 Å². The van der Waals surface area contributed by atoms with Gasteiger partial charge in [0.1, 0.15) is 23.5 Å². The first-order chi connectivity index (χ1) is 23.8. The molecule has 0 aromatic heterocycles. The first-order valence-corrected chi connectivity index (χ1v) is 16.4. The molecular weight excluding hydrogens is 587 g/mol. The summed E-state index contributed by atoms with van der Waals surface area (Å²) in [7, 11) is 0. The summed E-state index contributed by atoms with van der Waals surface area (Å²) < 4.78 is 6.68. The molecule has 0 bridgehead atoms. The molecule has 2 aliphatic heterocycles. The molecule has 0 amide bonds. The van der Waals surface area contributed by atoms with Crippen molar-refractivity contribution in [2.75, 3.05) is 0 Å². The molecule has 2 heterocycles. The molecule has 1 N–H and O–H groups in total. The number of amidine groups is 2. The molecule has 0 fully saturated rings. The number of nitrogens with one attached hydrogen (secondary N) is 1. The Morgan fingerprint density at radius 1 is 0.500 bits per heavy atom. The Morgan fingerprint density at radius 2 is 1.15 bits per heavy atom. The summed E-state index contributed by atoms with van der Waals surface area (Å²) in [6.07, 6.45) is -0.370. The zero-order chi connectivity index (χ0) is 31.7. The van der Waals surface area contributed by atoms with Crippen LogP contribution < -0.4 is 10.1 Å². The SMILES string of the molecule is c1ccc(C2=NC(c3ccc4c(c3)C3(c5ccccc5O4)c4ccccc4-c4ccccc43)NC(c3ccc4ccccc4c3)=N2)cc1. The molecule has 0 saturated carbocycles. The molecule has 4 heteroatoms. The maximum atomic E-state index is 6.68. The van der Waals surface area contributed by atoms with E-state index in [0.29, 0.717) is 5.84 Å². The minimum absolute atomic E-state index is 0.370. The van der Waals surface area contributed by atoms with Crippen molar-refractivity contribution in [2.45, 2.75) is 11.6 Å². The van der Waals surface area contributed by atoms with Crippen molar-refractivity contribution in [2.24, 2.45) is 9.98 Å². The van der Waals surface area contributed by atoms with Crippen LogP contribution in [0.4, 0.5) is 0 Å².